The molecule has 0 unspecified atom stereocenters. The molecule has 3 heteroatoms. The van der Waals surface area contributed by atoms with Gasteiger partial charge in [-0.3, -0.25) is 0 Å². The fourth-order valence-corrected chi connectivity index (χ4v) is 2.14. The quantitative estimate of drug-likeness (QED) is 0.840. The van der Waals surface area contributed by atoms with Crippen LogP contribution in [0.2, 0.25) is 0 Å². The molecule has 0 bridgehead atoms. The topological polar surface area (TPSA) is 44.5 Å². The summed E-state index contributed by atoms with van der Waals surface area (Å²) in [6, 6.07) is 11.8. The Balaban J connectivity index is 2.18. The molecule has 0 saturated carbocycles. The Morgan fingerprint density at radius 2 is 1.80 bits per heavy atom. The van der Waals surface area contributed by atoms with Gasteiger partial charge in [-0.1, -0.05) is 23.8 Å². The van der Waals surface area contributed by atoms with E-state index >= 15 is 0 Å². The number of aryl methyl sites for hydroxylation is 2. The Kier molecular flexibility index (Phi) is 4.51. The highest BCUT2D eigenvalue weighted by atomic mass is 16.5. The van der Waals surface area contributed by atoms with E-state index in [4.69, 9.17) is 15.2 Å². The number of hydrogen-bond acceptors (Lipinski definition) is 3. The van der Waals surface area contributed by atoms with E-state index in [-0.39, 0.29) is 0 Å². The van der Waals surface area contributed by atoms with E-state index in [9.17, 15) is 0 Å². The summed E-state index contributed by atoms with van der Waals surface area (Å²) in [5.74, 6) is 1.67. The summed E-state index contributed by atoms with van der Waals surface area (Å²) in [4.78, 5) is 0. The van der Waals surface area contributed by atoms with Crippen molar-refractivity contribution in [2.45, 2.75) is 27.4 Å². The van der Waals surface area contributed by atoms with Gasteiger partial charge in [0.05, 0.1) is 12.2 Å². The minimum atomic E-state index is 0.409. The van der Waals surface area contributed by atoms with Crippen LogP contribution in [0, 0.1) is 13.8 Å². The highest BCUT2D eigenvalue weighted by Crippen LogP contribution is 2.27. The van der Waals surface area contributed by atoms with Crippen LogP contribution in [-0.2, 0) is 6.61 Å². The van der Waals surface area contributed by atoms with Gasteiger partial charge in [0.15, 0.2) is 0 Å². The molecule has 20 heavy (non-hydrogen) atoms. The third-order valence-electron chi connectivity index (χ3n) is 3.17. The molecule has 106 valence electrons. The van der Waals surface area contributed by atoms with Gasteiger partial charge in [-0.25, -0.2) is 0 Å². The summed E-state index contributed by atoms with van der Waals surface area (Å²) >= 11 is 0. The van der Waals surface area contributed by atoms with Gasteiger partial charge in [0.1, 0.15) is 18.1 Å². The molecule has 0 radical (unpaired) electrons. The van der Waals surface area contributed by atoms with E-state index in [1.54, 1.807) is 0 Å². The number of benzene rings is 2. The molecule has 0 amide bonds. The Labute approximate surface area is 120 Å². The van der Waals surface area contributed by atoms with Gasteiger partial charge in [-0.05, 0) is 44.5 Å². The van der Waals surface area contributed by atoms with Crippen LogP contribution in [0.15, 0.2) is 36.4 Å². The molecule has 0 saturated heterocycles. The molecule has 0 aliphatic carbocycles. The van der Waals surface area contributed by atoms with E-state index in [1.165, 1.54) is 5.56 Å². The standard InChI is InChI=1S/C17H21NO2/c1-4-19-17-7-5-6-15(18)14(17)11-20-16-9-8-12(2)10-13(16)3/h5-10H,4,11,18H2,1-3H3. The van der Waals surface area contributed by atoms with Gasteiger partial charge in [-0.15, -0.1) is 0 Å². The maximum Gasteiger partial charge on any atom is 0.127 e. The van der Waals surface area contributed by atoms with Crippen LogP contribution < -0.4 is 15.2 Å². The van der Waals surface area contributed by atoms with Gasteiger partial charge >= 0.3 is 0 Å². The number of nitrogens with two attached hydrogens (primary N) is 1. The summed E-state index contributed by atoms with van der Waals surface area (Å²) in [6.45, 7) is 7.09. The van der Waals surface area contributed by atoms with Crippen molar-refractivity contribution < 1.29 is 9.47 Å². The Bertz CT molecular complexity index is 594. The van der Waals surface area contributed by atoms with Gasteiger partial charge < -0.3 is 15.2 Å². The second kappa shape index (κ2) is 6.33. The number of nitrogen functional groups attached to an aromatic ring is 1. The zero-order valence-electron chi connectivity index (χ0n) is 12.3. The van der Waals surface area contributed by atoms with Crippen molar-refractivity contribution in [1.82, 2.24) is 0 Å². The molecule has 0 heterocycles. The van der Waals surface area contributed by atoms with Gasteiger partial charge in [0.25, 0.3) is 0 Å². The van der Waals surface area contributed by atoms with E-state index in [2.05, 4.69) is 13.0 Å². The van der Waals surface area contributed by atoms with Crippen LogP contribution in [-0.4, -0.2) is 6.61 Å². The van der Waals surface area contributed by atoms with Gasteiger partial charge in [0.2, 0.25) is 0 Å². The number of hydrogen-bond donors (Lipinski definition) is 1. The average Bonchev–Trinajstić information content (AvgIpc) is 2.40. The molecule has 0 aromatic heterocycles. The molecule has 2 aromatic rings. The molecule has 0 aliphatic heterocycles. The molecule has 2 N–H and O–H groups in total. The first-order chi connectivity index (χ1) is 9.61. The van der Waals surface area contributed by atoms with Crippen molar-refractivity contribution in [1.29, 1.82) is 0 Å². The molecule has 0 fully saturated rings. The zero-order valence-corrected chi connectivity index (χ0v) is 12.3. The lowest BCUT2D eigenvalue weighted by Crippen LogP contribution is -2.05. The molecule has 0 aliphatic rings. The van der Waals surface area contributed by atoms with E-state index in [0.717, 1.165) is 22.6 Å². The summed E-state index contributed by atoms with van der Waals surface area (Å²) in [6.07, 6.45) is 0. The van der Waals surface area contributed by atoms with Crippen molar-refractivity contribution >= 4 is 5.69 Å². The highest BCUT2D eigenvalue weighted by Gasteiger charge is 2.09. The van der Waals surface area contributed by atoms with Crippen molar-refractivity contribution in [3.05, 3.63) is 53.1 Å². The minimum absolute atomic E-state index is 0.409. The molecule has 2 rings (SSSR count). The lowest BCUT2D eigenvalue weighted by Gasteiger charge is -2.15. The molecule has 3 nitrogen and oxygen atoms in total. The Morgan fingerprint density at radius 3 is 2.50 bits per heavy atom. The van der Waals surface area contributed by atoms with Crippen LogP contribution >= 0.6 is 0 Å². The van der Waals surface area contributed by atoms with E-state index < -0.39 is 0 Å². The summed E-state index contributed by atoms with van der Waals surface area (Å²) < 4.78 is 11.5. The molecule has 2 aromatic carbocycles. The highest BCUT2D eigenvalue weighted by molar-refractivity contribution is 5.54. The zero-order chi connectivity index (χ0) is 14.5. The Hall–Kier alpha value is -2.16. The Morgan fingerprint density at radius 1 is 1.00 bits per heavy atom. The molecule has 0 spiro atoms. The lowest BCUT2D eigenvalue weighted by molar-refractivity contribution is 0.286. The first kappa shape index (κ1) is 14.3. The summed E-state index contributed by atoms with van der Waals surface area (Å²) in [5.41, 5.74) is 9.96. The van der Waals surface area contributed by atoms with Crippen molar-refractivity contribution in [3.63, 3.8) is 0 Å². The van der Waals surface area contributed by atoms with Crippen molar-refractivity contribution in [2.24, 2.45) is 0 Å². The fourth-order valence-electron chi connectivity index (χ4n) is 2.14. The van der Waals surface area contributed by atoms with Crippen LogP contribution in [0.3, 0.4) is 0 Å². The third kappa shape index (κ3) is 3.23. The summed E-state index contributed by atoms with van der Waals surface area (Å²) in [5, 5.41) is 0. The third-order valence-corrected chi connectivity index (χ3v) is 3.17. The minimum Gasteiger partial charge on any atom is -0.493 e. The van der Waals surface area contributed by atoms with Crippen LogP contribution in [0.1, 0.15) is 23.6 Å². The van der Waals surface area contributed by atoms with Gasteiger partial charge in [0, 0.05) is 5.69 Å². The predicted molar refractivity (Wildman–Crippen MR) is 82.3 cm³/mol. The SMILES string of the molecule is CCOc1cccc(N)c1COc1ccc(C)cc1C. The van der Waals surface area contributed by atoms with Crippen LogP contribution in [0.4, 0.5) is 5.69 Å². The number of ether oxygens (including phenoxy) is 2. The number of rotatable bonds is 5. The lowest BCUT2D eigenvalue weighted by atomic mass is 10.1. The second-order valence-electron chi connectivity index (χ2n) is 4.81. The monoisotopic (exact) mass is 271 g/mol. The molecule has 0 atom stereocenters. The van der Waals surface area contributed by atoms with Crippen molar-refractivity contribution in [2.75, 3.05) is 12.3 Å². The smallest absolute Gasteiger partial charge is 0.127 e. The normalized spacial score (nSPS) is 10.3. The maximum absolute atomic E-state index is 6.02. The first-order valence-electron chi connectivity index (χ1n) is 6.82. The van der Waals surface area contributed by atoms with E-state index in [0.29, 0.717) is 18.9 Å². The average molecular weight is 271 g/mol. The molecular weight excluding hydrogens is 250 g/mol. The van der Waals surface area contributed by atoms with Gasteiger partial charge in [-0.2, -0.15) is 0 Å². The largest absolute Gasteiger partial charge is 0.493 e. The fraction of sp³-hybridized carbons (Fsp3) is 0.294. The summed E-state index contributed by atoms with van der Waals surface area (Å²) in [7, 11) is 0. The van der Waals surface area contributed by atoms with E-state index in [1.807, 2.05) is 44.2 Å². The number of anilines is 1. The van der Waals surface area contributed by atoms with Crippen LogP contribution in [0.5, 0.6) is 11.5 Å². The van der Waals surface area contributed by atoms with Crippen LogP contribution in [0.25, 0.3) is 0 Å². The predicted octanol–water partition coefficient (Wildman–Crippen LogP) is 3.86. The molecular formula is C17H21NO2. The second-order valence-corrected chi connectivity index (χ2v) is 4.81. The maximum atomic E-state index is 6.02. The first-order valence-corrected chi connectivity index (χ1v) is 6.82. The van der Waals surface area contributed by atoms with Crippen molar-refractivity contribution in [3.8, 4) is 11.5 Å².